The Morgan fingerprint density at radius 1 is 0.692 bits per heavy atom. The van der Waals surface area contributed by atoms with Gasteiger partial charge in [0.15, 0.2) is 0 Å². The Bertz CT molecular complexity index is 1310. The van der Waals surface area contributed by atoms with Crippen molar-refractivity contribution in [1.29, 1.82) is 0 Å². The van der Waals surface area contributed by atoms with Gasteiger partial charge in [-0.3, -0.25) is 9.69 Å². The summed E-state index contributed by atoms with van der Waals surface area (Å²) < 4.78 is 0. The van der Waals surface area contributed by atoms with Crippen LogP contribution in [0.15, 0.2) is 60.9 Å². The van der Waals surface area contributed by atoms with Gasteiger partial charge in [0, 0.05) is 25.4 Å². The third-order valence-electron chi connectivity index (χ3n) is 6.71. The van der Waals surface area contributed by atoms with Gasteiger partial charge in [-0.25, -0.2) is 9.97 Å². The number of nitrogens with zero attached hydrogens (tertiary/aromatic N) is 4. The zero-order valence-electron chi connectivity index (χ0n) is 23.7. The molecule has 0 fully saturated rings. The first kappa shape index (κ1) is 29.1. The summed E-state index contributed by atoms with van der Waals surface area (Å²) in [5, 5.41) is 2.15. The first-order valence-corrected chi connectivity index (χ1v) is 15.7. The molecule has 0 spiro atoms. The number of thiazole rings is 2. The van der Waals surface area contributed by atoms with Crippen LogP contribution in [0.2, 0.25) is 0 Å². The molecule has 7 heteroatoms. The van der Waals surface area contributed by atoms with E-state index in [1.54, 1.807) is 22.7 Å². The zero-order chi connectivity index (χ0) is 27.6. The molecule has 0 unspecified atom stereocenters. The fraction of sp³-hybridized carbons (Fsp3) is 0.406. The molecule has 0 saturated carbocycles. The number of aromatic nitrogens is 2. The molecule has 206 valence electrons. The Morgan fingerprint density at radius 3 is 1.67 bits per heavy atom. The molecular formula is C32H40N4OS2. The van der Waals surface area contributed by atoms with Crippen LogP contribution in [0, 0.1) is 0 Å². The van der Waals surface area contributed by atoms with E-state index in [-0.39, 0.29) is 5.91 Å². The Labute approximate surface area is 241 Å². The lowest BCUT2D eigenvalue weighted by Gasteiger charge is -2.20. The van der Waals surface area contributed by atoms with Gasteiger partial charge in [0.05, 0.1) is 22.8 Å². The molecule has 2 aromatic carbocycles. The van der Waals surface area contributed by atoms with Crippen LogP contribution < -0.4 is 0 Å². The van der Waals surface area contributed by atoms with E-state index in [4.69, 9.17) is 0 Å². The fourth-order valence-corrected chi connectivity index (χ4v) is 6.53. The minimum absolute atomic E-state index is 0.237. The normalized spacial score (nSPS) is 11.3. The molecule has 0 saturated heterocycles. The van der Waals surface area contributed by atoms with E-state index in [0.29, 0.717) is 13.0 Å². The minimum Gasteiger partial charge on any atom is -0.336 e. The van der Waals surface area contributed by atoms with Gasteiger partial charge in [0.2, 0.25) is 5.91 Å². The van der Waals surface area contributed by atoms with Crippen LogP contribution in [-0.2, 0) is 17.9 Å². The smallest absolute Gasteiger partial charge is 0.222 e. The van der Waals surface area contributed by atoms with Crippen LogP contribution in [0.5, 0.6) is 0 Å². The SMILES string of the molecule is CCCCC(=O)N(CCC)Cc1ncc(-c2ccc(-c3ccc(-c4cnc(CN(C)CCC)s4)cc3)cc2)s1. The molecule has 0 aliphatic rings. The lowest BCUT2D eigenvalue weighted by Crippen LogP contribution is -2.31. The molecule has 39 heavy (non-hydrogen) atoms. The van der Waals surface area contributed by atoms with Crippen LogP contribution in [-0.4, -0.2) is 45.8 Å². The van der Waals surface area contributed by atoms with Crippen molar-refractivity contribution in [3.63, 3.8) is 0 Å². The maximum absolute atomic E-state index is 12.6. The predicted molar refractivity (Wildman–Crippen MR) is 166 cm³/mol. The van der Waals surface area contributed by atoms with Gasteiger partial charge in [-0.15, -0.1) is 22.7 Å². The van der Waals surface area contributed by atoms with Gasteiger partial charge >= 0.3 is 0 Å². The molecule has 4 aromatic rings. The highest BCUT2D eigenvalue weighted by Crippen LogP contribution is 2.32. The van der Waals surface area contributed by atoms with Crippen molar-refractivity contribution in [2.24, 2.45) is 0 Å². The number of hydrogen-bond acceptors (Lipinski definition) is 6. The largest absolute Gasteiger partial charge is 0.336 e. The van der Waals surface area contributed by atoms with Crippen molar-refractivity contribution in [3.05, 3.63) is 70.9 Å². The van der Waals surface area contributed by atoms with Gasteiger partial charge < -0.3 is 4.90 Å². The number of rotatable bonds is 14. The highest BCUT2D eigenvalue weighted by Gasteiger charge is 2.15. The van der Waals surface area contributed by atoms with Crippen LogP contribution >= 0.6 is 22.7 Å². The average Bonchev–Trinajstić information content (AvgIpc) is 3.62. The summed E-state index contributed by atoms with van der Waals surface area (Å²) in [6.45, 7) is 9.82. The first-order valence-electron chi connectivity index (χ1n) is 14.1. The van der Waals surface area contributed by atoms with Gasteiger partial charge in [-0.1, -0.05) is 75.7 Å². The molecule has 0 N–H and O–H groups in total. The monoisotopic (exact) mass is 560 g/mol. The second kappa shape index (κ2) is 14.5. The van der Waals surface area contributed by atoms with Crippen molar-refractivity contribution >= 4 is 28.6 Å². The van der Waals surface area contributed by atoms with E-state index in [1.165, 1.54) is 21.6 Å². The molecule has 0 bridgehead atoms. The summed E-state index contributed by atoms with van der Waals surface area (Å²) in [6, 6.07) is 17.4. The Morgan fingerprint density at radius 2 is 1.18 bits per heavy atom. The molecule has 0 aliphatic carbocycles. The number of carbonyl (C=O) groups is 1. The lowest BCUT2D eigenvalue weighted by atomic mass is 10.0. The Kier molecular flexibility index (Phi) is 10.8. The van der Waals surface area contributed by atoms with Crippen molar-refractivity contribution in [3.8, 4) is 32.0 Å². The molecule has 1 amide bonds. The average molecular weight is 561 g/mol. The van der Waals surface area contributed by atoms with Gasteiger partial charge in [-0.2, -0.15) is 0 Å². The third-order valence-corrected chi connectivity index (χ3v) is 8.77. The molecule has 2 aromatic heterocycles. The molecule has 0 atom stereocenters. The van der Waals surface area contributed by atoms with Gasteiger partial charge in [0.1, 0.15) is 10.0 Å². The predicted octanol–water partition coefficient (Wildman–Crippen LogP) is 8.37. The summed E-state index contributed by atoms with van der Waals surface area (Å²) >= 11 is 3.45. The van der Waals surface area contributed by atoms with E-state index < -0.39 is 0 Å². The second-order valence-corrected chi connectivity index (χ2v) is 12.3. The maximum Gasteiger partial charge on any atom is 0.222 e. The Hall–Kier alpha value is -2.87. The van der Waals surface area contributed by atoms with Gasteiger partial charge in [0.25, 0.3) is 0 Å². The highest BCUT2D eigenvalue weighted by molar-refractivity contribution is 7.15. The third kappa shape index (κ3) is 8.07. The van der Waals surface area contributed by atoms with Crippen molar-refractivity contribution in [2.75, 3.05) is 20.1 Å². The van der Waals surface area contributed by atoms with Crippen LogP contribution in [0.1, 0.15) is 62.9 Å². The van der Waals surface area contributed by atoms with E-state index >= 15 is 0 Å². The van der Waals surface area contributed by atoms with Crippen LogP contribution in [0.3, 0.4) is 0 Å². The molecule has 2 heterocycles. The summed E-state index contributed by atoms with van der Waals surface area (Å²) in [4.78, 5) is 28.5. The summed E-state index contributed by atoms with van der Waals surface area (Å²) in [6.07, 6.45) is 8.65. The number of hydrogen-bond donors (Lipinski definition) is 0. The molecular weight excluding hydrogens is 521 g/mol. The molecule has 0 radical (unpaired) electrons. The number of amides is 1. The standard InChI is InChI=1S/C32H40N4OS2/c1-5-8-9-32(37)36(19-7-3)23-31-34-21-29(39-31)27-16-12-25(13-17-27)24-10-14-26(15-11-24)28-20-33-30(38-28)22-35(4)18-6-2/h10-17,20-21H,5-9,18-19,22-23H2,1-4H3. The van der Waals surface area contributed by atoms with Crippen LogP contribution in [0.4, 0.5) is 0 Å². The fourth-order valence-electron chi connectivity index (χ4n) is 4.59. The van der Waals surface area contributed by atoms with Crippen molar-refractivity contribution in [2.45, 2.75) is 66.0 Å². The van der Waals surface area contributed by atoms with Gasteiger partial charge in [-0.05, 0) is 55.1 Å². The summed E-state index contributed by atoms with van der Waals surface area (Å²) in [5.41, 5.74) is 4.75. The van der Waals surface area contributed by atoms with Crippen LogP contribution in [0.25, 0.3) is 32.0 Å². The van der Waals surface area contributed by atoms with Crippen molar-refractivity contribution < 1.29 is 4.79 Å². The molecule has 5 nitrogen and oxygen atoms in total. The van der Waals surface area contributed by atoms with E-state index in [1.807, 2.05) is 17.3 Å². The number of benzene rings is 2. The second-order valence-electron chi connectivity index (χ2n) is 10.0. The van der Waals surface area contributed by atoms with E-state index in [0.717, 1.165) is 65.8 Å². The van der Waals surface area contributed by atoms with Crippen molar-refractivity contribution in [1.82, 2.24) is 19.8 Å². The molecule has 0 aliphatic heterocycles. The number of unbranched alkanes of at least 4 members (excludes halogenated alkanes) is 1. The first-order chi connectivity index (χ1) is 19.0. The number of carbonyl (C=O) groups excluding carboxylic acids is 1. The highest BCUT2D eigenvalue weighted by atomic mass is 32.1. The zero-order valence-corrected chi connectivity index (χ0v) is 25.3. The quantitative estimate of drug-likeness (QED) is 0.155. The maximum atomic E-state index is 12.6. The minimum atomic E-state index is 0.237. The lowest BCUT2D eigenvalue weighted by molar-refractivity contribution is -0.132. The Balaban J connectivity index is 1.39. The van der Waals surface area contributed by atoms with E-state index in [2.05, 4.69) is 91.2 Å². The van der Waals surface area contributed by atoms with E-state index in [9.17, 15) is 4.79 Å². The topological polar surface area (TPSA) is 49.3 Å². The molecule has 4 rings (SSSR count). The summed E-state index contributed by atoms with van der Waals surface area (Å²) in [7, 11) is 2.15. The summed E-state index contributed by atoms with van der Waals surface area (Å²) in [5.74, 6) is 0.237.